The van der Waals surface area contributed by atoms with E-state index in [1.54, 1.807) is 6.92 Å². The number of nitrogens with zero attached hydrogens (tertiary/aromatic N) is 1. The van der Waals surface area contributed by atoms with Gasteiger partial charge in [-0.3, -0.25) is 0 Å². The summed E-state index contributed by atoms with van der Waals surface area (Å²) in [6, 6.07) is 10.1. The molecular weight excluding hydrogens is 224 g/mol. The van der Waals surface area contributed by atoms with Crippen LogP contribution in [0, 0.1) is 11.3 Å². The van der Waals surface area contributed by atoms with Crippen molar-refractivity contribution in [2.45, 2.75) is 51.7 Å². The summed E-state index contributed by atoms with van der Waals surface area (Å²) in [5, 5.41) is 8.90. The highest BCUT2D eigenvalue weighted by Gasteiger charge is 2.22. The van der Waals surface area contributed by atoms with E-state index >= 15 is 0 Å². The maximum atomic E-state index is 8.90. The van der Waals surface area contributed by atoms with Gasteiger partial charge in [-0.25, -0.2) is 0 Å². The largest absolute Gasteiger partial charge is 0.491 e. The Labute approximate surface area is 110 Å². The van der Waals surface area contributed by atoms with Crippen molar-refractivity contribution in [3.05, 3.63) is 29.8 Å². The second-order valence-electron chi connectivity index (χ2n) is 5.39. The maximum absolute atomic E-state index is 8.90. The van der Waals surface area contributed by atoms with Crippen LogP contribution in [0.4, 0.5) is 0 Å². The minimum absolute atomic E-state index is 0.0814. The Morgan fingerprint density at radius 1 is 1.39 bits per heavy atom. The van der Waals surface area contributed by atoms with Crippen molar-refractivity contribution >= 4 is 0 Å². The molecule has 0 fully saturated rings. The number of benzene rings is 1. The maximum Gasteiger partial charge on any atom is 0.119 e. The van der Waals surface area contributed by atoms with Crippen LogP contribution < -0.4 is 10.5 Å². The Hall–Kier alpha value is -1.53. The zero-order valence-electron chi connectivity index (χ0n) is 11.6. The van der Waals surface area contributed by atoms with Gasteiger partial charge in [-0.2, -0.15) is 5.26 Å². The summed E-state index contributed by atoms with van der Waals surface area (Å²) in [4.78, 5) is 0. The number of ether oxygens (including phenoxy) is 1. The molecule has 0 spiro atoms. The minimum atomic E-state index is -0.838. The molecule has 1 aromatic rings. The van der Waals surface area contributed by atoms with Crippen LogP contribution in [0.1, 0.15) is 45.6 Å². The van der Waals surface area contributed by atoms with Gasteiger partial charge < -0.3 is 10.5 Å². The fraction of sp³-hybridized carbons (Fsp3) is 0.533. The lowest BCUT2D eigenvalue weighted by Crippen LogP contribution is -2.38. The Kier molecular flexibility index (Phi) is 4.75. The van der Waals surface area contributed by atoms with E-state index in [1.165, 1.54) is 5.56 Å². The predicted octanol–water partition coefficient (Wildman–Crippen LogP) is 3.21. The first kappa shape index (κ1) is 14.5. The van der Waals surface area contributed by atoms with Gasteiger partial charge in [0.2, 0.25) is 0 Å². The molecule has 2 N–H and O–H groups in total. The second-order valence-corrected chi connectivity index (χ2v) is 5.39. The molecule has 98 valence electrons. The predicted molar refractivity (Wildman–Crippen MR) is 73.4 cm³/mol. The smallest absolute Gasteiger partial charge is 0.119 e. The van der Waals surface area contributed by atoms with Gasteiger partial charge in [-0.1, -0.05) is 26.0 Å². The van der Waals surface area contributed by atoms with Gasteiger partial charge >= 0.3 is 0 Å². The first-order valence-electron chi connectivity index (χ1n) is 6.31. The molecule has 0 bridgehead atoms. The molecule has 3 heteroatoms. The van der Waals surface area contributed by atoms with E-state index in [1.807, 2.05) is 25.1 Å². The monoisotopic (exact) mass is 246 g/mol. The number of rotatable bonds is 5. The van der Waals surface area contributed by atoms with Crippen LogP contribution in [0.5, 0.6) is 5.75 Å². The van der Waals surface area contributed by atoms with Crippen molar-refractivity contribution in [2.75, 3.05) is 0 Å². The van der Waals surface area contributed by atoms with Crippen LogP contribution in [0.3, 0.4) is 0 Å². The van der Waals surface area contributed by atoms with Crippen LogP contribution in [-0.4, -0.2) is 11.6 Å². The SMILES string of the molecule is CC(CC(C)(N)C#N)Oc1cccc(C(C)C)c1. The van der Waals surface area contributed by atoms with Crippen molar-refractivity contribution < 1.29 is 4.74 Å². The third kappa shape index (κ3) is 4.38. The third-order valence-corrected chi connectivity index (χ3v) is 2.83. The van der Waals surface area contributed by atoms with Crippen LogP contribution in [-0.2, 0) is 0 Å². The van der Waals surface area contributed by atoms with Crippen molar-refractivity contribution in [3.8, 4) is 11.8 Å². The minimum Gasteiger partial charge on any atom is -0.491 e. The summed E-state index contributed by atoms with van der Waals surface area (Å²) in [5.41, 5.74) is 6.22. The summed E-state index contributed by atoms with van der Waals surface area (Å²) < 4.78 is 5.81. The van der Waals surface area contributed by atoms with Crippen LogP contribution in [0.25, 0.3) is 0 Å². The molecule has 0 radical (unpaired) electrons. The zero-order chi connectivity index (χ0) is 13.8. The van der Waals surface area contributed by atoms with Gasteiger partial charge in [0.25, 0.3) is 0 Å². The van der Waals surface area contributed by atoms with E-state index in [-0.39, 0.29) is 6.10 Å². The molecule has 0 saturated carbocycles. The fourth-order valence-corrected chi connectivity index (χ4v) is 1.86. The van der Waals surface area contributed by atoms with Gasteiger partial charge in [-0.05, 0) is 37.5 Å². The molecule has 1 aromatic carbocycles. The topological polar surface area (TPSA) is 59.0 Å². The highest BCUT2D eigenvalue weighted by Crippen LogP contribution is 2.22. The highest BCUT2D eigenvalue weighted by molar-refractivity contribution is 5.30. The van der Waals surface area contributed by atoms with E-state index in [0.29, 0.717) is 12.3 Å². The summed E-state index contributed by atoms with van der Waals surface area (Å²) in [7, 11) is 0. The molecule has 0 aliphatic carbocycles. The first-order chi connectivity index (χ1) is 8.34. The molecule has 0 aliphatic rings. The molecule has 18 heavy (non-hydrogen) atoms. The molecule has 2 atom stereocenters. The van der Waals surface area contributed by atoms with Crippen molar-refractivity contribution in [1.29, 1.82) is 5.26 Å². The quantitative estimate of drug-likeness (QED) is 0.867. The number of nitriles is 1. The average Bonchev–Trinajstić information content (AvgIpc) is 2.28. The zero-order valence-corrected chi connectivity index (χ0v) is 11.6. The first-order valence-corrected chi connectivity index (χ1v) is 6.31. The summed E-state index contributed by atoms with van der Waals surface area (Å²) >= 11 is 0. The van der Waals surface area contributed by atoms with Gasteiger partial charge in [0.05, 0.1) is 12.2 Å². The van der Waals surface area contributed by atoms with Crippen molar-refractivity contribution in [2.24, 2.45) is 5.73 Å². The lowest BCUT2D eigenvalue weighted by Gasteiger charge is -2.22. The molecule has 1 rings (SSSR count). The van der Waals surface area contributed by atoms with Gasteiger partial charge in [0.1, 0.15) is 11.3 Å². The van der Waals surface area contributed by atoms with E-state index < -0.39 is 5.54 Å². The molecule has 0 aliphatic heterocycles. The van der Waals surface area contributed by atoms with Crippen molar-refractivity contribution in [1.82, 2.24) is 0 Å². The fourth-order valence-electron chi connectivity index (χ4n) is 1.86. The molecule has 0 aromatic heterocycles. The van der Waals surface area contributed by atoms with E-state index in [4.69, 9.17) is 15.7 Å². The molecule has 2 unspecified atom stereocenters. The molecule has 0 amide bonds. The third-order valence-electron chi connectivity index (χ3n) is 2.83. The summed E-state index contributed by atoms with van der Waals surface area (Å²) in [6.45, 7) is 7.95. The Morgan fingerprint density at radius 3 is 2.61 bits per heavy atom. The van der Waals surface area contributed by atoms with Crippen LogP contribution >= 0.6 is 0 Å². The molecule has 0 heterocycles. The number of hydrogen-bond donors (Lipinski definition) is 1. The van der Waals surface area contributed by atoms with Gasteiger partial charge in [0, 0.05) is 6.42 Å². The lowest BCUT2D eigenvalue weighted by atomic mass is 9.98. The summed E-state index contributed by atoms with van der Waals surface area (Å²) in [6.07, 6.45) is 0.428. The Morgan fingerprint density at radius 2 is 2.06 bits per heavy atom. The lowest BCUT2D eigenvalue weighted by molar-refractivity contribution is 0.191. The highest BCUT2D eigenvalue weighted by atomic mass is 16.5. The number of hydrogen-bond acceptors (Lipinski definition) is 3. The number of nitrogens with two attached hydrogens (primary N) is 1. The van der Waals surface area contributed by atoms with E-state index in [9.17, 15) is 0 Å². The molecule has 0 saturated heterocycles. The van der Waals surface area contributed by atoms with E-state index in [0.717, 1.165) is 5.75 Å². The van der Waals surface area contributed by atoms with Crippen molar-refractivity contribution in [3.63, 3.8) is 0 Å². The Bertz CT molecular complexity index is 432. The van der Waals surface area contributed by atoms with E-state index in [2.05, 4.69) is 26.0 Å². The van der Waals surface area contributed by atoms with Crippen LogP contribution in [0.15, 0.2) is 24.3 Å². The standard InChI is InChI=1S/C15H22N2O/c1-11(2)13-6-5-7-14(8-13)18-12(3)9-15(4,17)10-16/h5-8,11-12H,9,17H2,1-4H3. The Balaban J connectivity index is 2.68. The second kappa shape index (κ2) is 5.88. The summed E-state index contributed by atoms with van der Waals surface area (Å²) in [5.74, 6) is 1.31. The van der Waals surface area contributed by atoms with Gasteiger partial charge in [0.15, 0.2) is 0 Å². The molecular formula is C15H22N2O. The average molecular weight is 246 g/mol. The normalized spacial score (nSPS) is 15.8. The molecule has 3 nitrogen and oxygen atoms in total. The van der Waals surface area contributed by atoms with Crippen LogP contribution in [0.2, 0.25) is 0 Å². The van der Waals surface area contributed by atoms with Gasteiger partial charge in [-0.15, -0.1) is 0 Å².